The molecule has 0 aliphatic carbocycles. The van der Waals surface area contributed by atoms with E-state index in [1.54, 1.807) is 0 Å². The van der Waals surface area contributed by atoms with Crippen LogP contribution in [0.2, 0.25) is 0 Å². The van der Waals surface area contributed by atoms with Gasteiger partial charge in [-0.25, -0.2) is 9.97 Å². The van der Waals surface area contributed by atoms with Crippen LogP contribution in [0.1, 0.15) is 16.7 Å². The van der Waals surface area contributed by atoms with E-state index in [4.69, 9.17) is 4.74 Å². The smallest absolute Gasteiger partial charge is 0.222 e. The maximum atomic E-state index is 6.03. The molecular weight excluding hydrogens is 336 g/mol. The van der Waals surface area contributed by atoms with Crippen molar-refractivity contribution in [2.75, 3.05) is 18.9 Å². The minimum absolute atomic E-state index is 0.208. The molecule has 1 unspecified atom stereocenters. The monoisotopic (exact) mass is 360 g/mol. The highest BCUT2D eigenvalue weighted by molar-refractivity contribution is 5.37. The highest BCUT2D eigenvalue weighted by Gasteiger charge is 2.23. The second kappa shape index (κ2) is 8.18. The van der Waals surface area contributed by atoms with Crippen LogP contribution in [0, 0.1) is 0 Å². The third-order valence-electron chi connectivity index (χ3n) is 4.68. The summed E-state index contributed by atoms with van der Waals surface area (Å²) in [6, 6.07) is 18.5. The molecular formula is C22H24N4O. The second-order valence-electron chi connectivity index (χ2n) is 7.00. The van der Waals surface area contributed by atoms with Crippen molar-refractivity contribution >= 4 is 5.95 Å². The lowest BCUT2D eigenvalue weighted by atomic mass is 10.1. The zero-order valence-corrected chi connectivity index (χ0v) is 15.5. The van der Waals surface area contributed by atoms with Gasteiger partial charge in [-0.1, -0.05) is 48.5 Å². The molecule has 1 aliphatic rings. The number of nitrogens with zero attached hydrogens (tertiary/aromatic N) is 3. The maximum absolute atomic E-state index is 6.03. The number of hydrogen-bond donors (Lipinski definition) is 1. The standard InChI is InChI=1S/C22H24N4O/c1-26(16-20-11-19-9-5-6-10-21(19)27-20)15-18-13-24-22(25-14-18)23-12-17-7-3-2-4-8-17/h2-10,13-14,20H,11-12,15-16H2,1H3,(H,23,24,25). The third-order valence-corrected chi connectivity index (χ3v) is 4.68. The van der Waals surface area contributed by atoms with E-state index >= 15 is 0 Å². The largest absolute Gasteiger partial charge is 0.488 e. The van der Waals surface area contributed by atoms with Gasteiger partial charge in [-0.05, 0) is 24.2 Å². The van der Waals surface area contributed by atoms with E-state index < -0.39 is 0 Å². The van der Waals surface area contributed by atoms with Gasteiger partial charge in [0.2, 0.25) is 5.95 Å². The molecule has 1 aromatic heterocycles. The van der Waals surface area contributed by atoms with Gasteiger partial charge in [0.05, 0.1) is 0 Å². The van der Waals surface area contributed by atoms with E-state index in [9.17, 15) is 0 Å². The molecule has 27 heavy (non-hydrogen) atoms. The molecule has 0 saturated heterocycles. The van der Waals surface area contributed by atoms with Gasteiger partial charge in [-0.3, -0.25) is 4.90 Å². The van der Waals surface area contributed by atoms with Gasteiger partial charge >= 0.3 is 0 Å². The molecule has 4 rings (SSSR count). The Bertz CT molecular complexity index is 842. The predicted octanol–water partition coefficient (Wildman–Crippen LogP) is 3.52. The fraction of sp³-hybridized carbons (Fsp3) is 0.273. The lowest BCUT2D eigenvalue weighted by Crippen LogP contribution is -2.31. The van der Waals surface area contributed by atoms with Crippen LogP contribution in [-0.4, -0.2) is 34.6 Å². The number of aromatic nitrogens is 2. The summed E-state index contributed by atoms with van der Waals surface area (Å²) in [5.41, 5.74) is 3.61. The summed E-state index contributed by atoms with van der Waals surface area (Å²) in [5.74, 6) is 1.67. The van der Waals surface area contributed by atoms with Crippen LogP contribution < -0.4 is 10.1 Å². The molecule has 0 saturated carbocycles. The van der Waals surface area contributed by atoms with E-state index in [2.05, 4.69) is 51.5 Å². The van der Waals surface area contributed by atoms with Crippen molar-refractivity contribution in [3.63, 3.8) is 0 Å². The van der Waals surface area contributed by atoms with Gasteiger partial charge < -0.3 is 10.1 Å². The van der Waals surface area contributed by atoms with E-state index in [0.717, 1.165) is 37.4 Å². The zero-order valence-electron chi connectivity index (χ0n) is 15.5. The number of benzene rings is 2. The van der Waals surface area contributed by atoms with Crippen LogP contribution in [0.15, 0.2) is 67.0 Å². The summed E-state index contributed by atoms with van der Waals surface area (Å²) in [5, 5.41) is 3.25. The van der Waals surface area contributed by atoms with E-state index in [-0.39, 0.29) is 6.10 Å². The van der Waals surface area contributed by atoms with Gasteiger partial charge in [0, 0.05) is 44.0 Å². The normalized spacial score (nSPS) is 15.4. The van der Waals surface area contributed by atoms with Crippen molar-refractivity contribution in [2.45, 2.75) is 25.6 Å². The number of hydrogen-bond acceptors (Lipinski definition) is 5. The van der Waals surface area contributed by atoms with Crippen molar-refractivity contribution < 1.29 is 4.74 Å². The van der Waals surface area contributed by atoms with Crippen LogP contribution >= 0.6 is 0 Å². The molecule has 0 bridgehead atoms. The molecule has 1 N–H and O–H groups in total. The summed E-state index contributed by atoms with van der Waals surface area (Å²) in [6.07, 6.45) is 4.96. The summed E-state index contributed by atoms with van der Waals surface area (Å²) >= 11 is 0. The lowest BCUT2D eigenvalue weighted by Gasteiger charge is -2.20. The van der Waals surface area contributed by atoms with Gasteiger partial charge in [-0.15, -0.1) is 0 Å². The first-order valence-corrected chi connectivity index (χ1v) is 9.28. The second-order valence-corrected chi connectivity index (χ2v) is 7.00. The Balaban J connectivity index is 1.26. The summed E-state index contributed by atoms with van der Waals surface area (Å²) in [6.45, 7) is 2.40. The Morgan fingerprint density at radius 1 is 1.00 bits per heavy atom. The number of fused-ring (bicyclic) bond motifs is 1. The SMILES string of the molecule is CN(Cc1cnc(NCc2ccccc2)nc1)CC1Cc2ccccc2O1. The summed E-state index contributed by atoms with van der Waals surface area (Å²) in [7, 11) is 2.11. The number of para-hydroxylation sites is 1. The Labute approximate surface area is 160 Å². The summed E-state index contributed by atoms with van der Waals surface area (Å²) in [4.78, 5) is 11.1. The Hall–Kier alpha value is -2.92. The number of rotatable bonds is 7. The van der Waals surface area contributed by atoms with Crippen molar-refractivity contribution in [1.82, 2.24) is 14.9 Å². The molecule has 0 radical (unpaired) electrons. The van der Waals surface area contributed by atoms with Crippen molar-refractivity contribution in [3.05, 3.63) is 83.7 Å². The minimum Gasteiger partial charge on any atom is -0.488 e. The molecule has 0 amide bonds. The zero-order chi connectivity index (χ0) is 18.5. The van der Waals surface area contributed by atoms with E-state index in [1.807, 2.05) is 42.7 Å². The number of anilines is 1. The van der Waals surface area contributed by atoms with E-state index in [1.165, 1.54) is 11.1 Å². The summed E-state index contributed by atoms with van der Waals surface area (Å²) < 4.78 is 6.03. The molecule has 5 heteroatoms. The quantitative estimate of drug-likeness (QED) is 0.699. The lowest BCUT2D eigenvalue weighted by molar-refractivity contribution is 0.165. The van der Waals surface area contributed by atoms with Crippen LogP contribution in [0.25, 0.3) is 0 Å². The average molecular weight is 360 g/mol. The molecule has 0 fully saturated rings. The maximum Gasteiger partial charge on any atom is 0.222 e. The van der Waals surface area contributed by atoms with Gasteiger partial charge in [-0.2, -0.15) is 0 Å². The van der Waals surface area contributed by atoms with Crippen LogP contribution in [0.4, 0.5) is 5.95 Å². The van der Waals surface area contributed by atoms with Gasteiger partial charge in [0.25, 0.3) is 0 Å². The molecule has 1 atom stereocenters. The Morgan fingerprint density at radius 3 is 2.52 bits per heavy atom. The molecule has 138 valence electrons. The molecule has 0 spiro atoms. The topological polar surface area (TPSA) is 50.3 Å². The molecule has 2 heterocycles. The average Bonchev–Trinajstić information content (AvgIpc) is 3.10. The van der Waals surface area contributed by atoms with Crippen molar-refractivity contribution in [2.24, 2.45) is 0 Å². The Morgan fingerprint density at radius 2 is 1.74 bits per heavy atom. The predicted molar refractivity (Wildman–Crippen MR) is 107 cm³/mol. The number of ether oxygens (including phenoxy) is 1. The highest BCUT2D eigenvalue weighted by atomic mass is 16.5. The molecule has 5 nitrogen and oxygen atoms in total. The molecule has 2 aromatic carbocycles. The first-order chi connectivity index (χ1) is 13.3. The van der Waals surface area contributed by atoms with Crippen LogP contribution in [-0.2, 0) is 19.5 Å². The minimum atomic E-state index is 0.208. The van der Waals surface area contributed by atoms with Gasteiger partial charge in [0.15, 0.2) is 0 Å². The number of likely N-dealkylation sites (N-methyl/N-ethyl adjacent to an activating group) is 1. The third kappa shape index (κ3) is 4.63. The van der Waals surface area contributed by atoms with Crippen molar-refractivity contribution in [1.29, 1.82) is 0 Å². The fourth-order valence-electron chi connectivity index (χ4n) is 3.38. The number of nitrogens with one attached hydrogen (secondary N) is 1. The highest BCUT2D eigenvalue weighted by Crippen LogP contribution is 2.28. The van der Waals surface area contributed by atoms with Crippen LogP contribution in [0.3, 0.4) is 0 Å². The molecule has 1 aliphatic heterocycles. The first kappa shape index (κ1) is 17.5. The van der Waals surface area contributed by atoms with E-state index in [0.29, 0.717) is 5.95 Å². The van der Waals surface area contributed by atoms with Crippen molar-refractivity contribution in [3.8, 4) is 5.75 Å². The Kier molecular flexibility index (Phi) is 5.30. The fourth-order valence-corrected chi connectivity index (χ4v) is 3.38. The van der Waals surface area contributed by atoms with Gasteiger partial charge in [0.1, 0.15) is 11.9 Å². The molecule has 3 aromatic rings. The van der Waals surface area contributed by atoms with Crippen LogP contribution in [0.5, 0.6) is 5.75 Å². The first-order valence-electron chi connectivity index (χ1n) is 9.28.